The SMILES string of the molecule is Cc1c(COc2cc(OCc3cncc(C#N)c3)c(CNC(CO)C(=O)O)cc2Cl)cccc1-c1ccc2c(c1C)OCCO2. The highest BCUT2D eigenvalue weighted by Gasteiger charge is 2.20. The fourth-order valence-electron chi connectivity index (χ4n) is 5.05. The van der Waals surface area contributed by atoms with Gasteiger partial charge in [-0.05, 0) is 54.3 Å². The smallest absolute Gasteiger partial charge is 0.323 e. The van der Waals surface area contributed by atoms with Crippen LogP contribution in [0.25, 0.3) is 11.1 Å². The fourth-order valence-corrected chi connectivity index (χ4v) is 5.29. The summed E-state index contributed by atoms with van der Waals surface area (Å²) in [6, 6.07) is 15.8. The summed E-state index contributed by atoms with van der Waals surface area (Å²) in [5.74, 6) is 1.09. The summed E-state index contributed by atoms with van der Waals surface area (Å²) >= 11 is 6.65. The molecule has 1 aliphatic rings. The molecule has 0 saturated carbocycles. The van der Waals surface area contributed by atoms with Crippen LogP contribution in [-0.4, -0.2) is 47.0 Å². The molecule has 2 heterocycles. The fraction of sp³-hybridized carbons (Fsp3) is 0.265. The summed E-state index contributed by atoms with van der Waals surface area (Å²) in [5, 5.41) is 31.1. The Morgan fingerprint density at radius 2 is 1.80 bits per heavy atom. The highest BCUT2D eigenvalue weighted by atomic mass is 35.5. The maximum absolute atomic E-state index is 11.4. The average Bonchev–Trinajstić information content (AvgIpc) is 3.05. The lowest BCUT2D eigenvalue weighted by Gasteiger charge is -2.22. The van der Waals surface area contributed by atoms with Crippen LogP contribution in [0, 0.1) is 25.2 Å². The van der Waals surface area contributed by atoms with Gasteiger partial charge in [-0.2, -0.15) is 5.26 Å². The molecule has 3 aromatic carbocycles. The van der Waals surface area contributed by atoms with Crippen LogP contribution in [-0.2, 0) is 24.6 Å². The van der Waals surface area contributed by atoms with Crippen LogP contribution in [0.4, 0.5) is 0 Å². The third-order valence-electron chi connectivity index (χ3n) is 7.53. The second-order valence-electron chi connectivity index (χ2n) is 10.5. The molecule has 1 aliphatic heterocycles. The van der Waals surface area contributed by atoms with E-state index < -0.39 is 18.6 Å². The van der Waals surface area contributed by atoms with E-state index in [1.807, 2.05) is 38.1 Å². The largest absolute Gasteiger partial charge is 0.488 e. The highest BCUT2D eigenvalue weighted by molar-refractivity contribution is 6.32. The van der Waals surface area contributed by atoms with Crippen molar-refractivity contribution in [1.29, 1.82) is 5.26 Å². The number of carbonyl (C=O) groups is 1. The molecule has 10 nitrogen and oxygen atoms in total. The van der Waals surface area contributed by atoms with Crippen molar-refractivity contribution in [3.63, 3.8) is 0 Å². The van der Waals surface area contributed by atoms with Gasteiger partial charge in [0.15, 0.2) is 11.5 Å². The normalized spacial score (nSPS) is 12.7. The number of rotatable bonds is 12. The zero-order valence-corrected chi connectivity index (χ0v) is 25.6. The number of fused-ring (bicyclic) bond motifs is 1. The van der Waals surface area contributed by atoms with E-state index >= 15 is 0 Å². The molecule has 1 atom stereocenters. The Morgan fingerprint density at radius 3 is 2.58 bits per heavy atom. The van der Waals surface area contributed by atoms with E-state index in [1.165, 1.54) is 6.20 Å². The van der Waals surface area contributed by atoms with Gasteiger partial charge in [0.05, 0.1) is 17.2 Å². The molecule has 0 spiro atoms. The molecule has 0 radical (unpaired) electrons. The van der Waals surface area contributed by atoms with Gasteiger partial charge in [-0.1, -0.05) is 35.9 Å². The van der Waals surface area contributed by atoms with Crippen LogP contribution >= 0.6 is 11.6 Å². The maximum Gasteiger partial charge on any atom is 0.323 e. The predicted octanol–water partition coefficient (Wildman–Crippen LogP) is 5.35. The quantitative estimate of drug-likeness (QED) is 0.187. The van der Waals surface area contributed by atoms with Crippen molar-refractivity contribution in [2.24, 2.45) is 0 Å². The molecule has 1 aromatic heterocycles. The molecule has 3 N–H and O–H groups in total. The monoisotopic (exact) mass is 629 g/mol. The third-order valence-corrected chi connectivity index (χ3v) is 7.82. The maximum atomic E-state index is 11.4. The number of nitrogens with zero attached hydrogens (tertiary/aromatic N) is 2. The lowest BCUT2D eigenvalue weighted by molar-refractivity contribution is -0.140. The molecular formula is C34H32ClN3O7. The molecule has 1 unspecified atom stereocenters. The molecule has 45 heavy (non-hydrogen) atoms. The Morgan fingerprint density at radius 1 is 1.02 bits per heavy atom. The molecule has 11 heteroatoms. The molecular weight excluding hydrogens is 598 g/mol. The van der Waals surface area contributed by atoms with Crippen LogP contribution < -0.4 is 24.3 Å². The third kappa shape index (κ3) is 7.29. The topological polar surface area (TPSA) is 143 Å². The molecule has 232 valence electrons. The number of aliphatic hydroxyl groups is 1. The Labute approximate surface area is 265 Å². The van der Waals surface area contributed by atoms with Crippen LogP contribution in [0.1, 0.15) is 33.4 Å². The minimum atomic E-state index is -1.19. The van der Waals surface area contributed by atoms with E-state index in [-0.39, 0.29) is 19.8 Å². The zero-order valence-electron chi connectivity index (χ0n) is 24.8. The van der Waals surface area contributed by atoms with Crippen LogP contribution in [0.5, 0.6) is 23.0 Å². The van der Waals surface area contributed by atoms with E-state index in [0.29, 0.717) is 46.4 Å². The molecule has 0 fully saturated rings. The van der Waals surface area contributed by atoms with Crippen molar-refractivity contribution in [2.45, 2.75) is 39.6 Å². The van der Waals surface area contributed by atoms with Gasteiger partial charge in [-0.15, -0.1) is 0 Å². The number of carboxylic acid groups (broad SMARTS) is 1. The summed E-state index contributed by atoms with van der Waals surface area (Å²) in [6.45, 7) is 4.89. The summed E-state index contributed by atoms with van der Waals surface area (Å²) in [4.78, 5) is 15.5. The summed E-state index contributed by atoms with van der Waals surface area (Å²) in [7, 11) is 0. The number of aliphatic carboxylic acids is 1. The van der Waals surface area contributed by atoms with Crippen molar-refractivity contribution < 1.29 is 34.0 Å². The summed E-state index contributed by atoms with van der Waals surface area (Å²) in [5.41, 5.74) is 6.72. The minimum Gasteiger partial charge on any atom is -0.488 e. The van der Waals surface area contributed by atoms with Crippen molar-refractivity contribution >= 4 is 17.6 Å². The van der Waals surface area contributed by atoms with Crippen molar-refractivity contribution in [2.75, 3.05) is 19.8 Å². The molecule has 4 aromatic rings. The second-order valence-corrected chi connectivity index (χ2v) is 10.9. The van der Waals surface area contributed by atoms with Gasteiger partial charge in [-0.25, -0.2) is 0 Å². The van der Waals surface area contributed by atoms with Crippen LogP contribution in [0.3, 0.4) is 0 Å². The molecule has 5 rings (SSSR count). The lowest BCUT2D eigenvalue weighted by Crippen LogP contribution is -2.39. The number of benzene rings is 3. The Kier molecular flexibility index (Phi) is 10.0. The second kappa shape index (κ2) is 14.3. The van der Waals surface area contributed by atoms with Crippen molar-refractivity contribution in [3.05, 3.63) is 99.3 Å². The first kappa shape index (κ1) is 31.6. The highest BCUT2D eigenvalue weighted by Crippen LogP contribution is 2.41. The van der Waals surface area contributed by atoms with Gasteiger partial charge in [-0.3, -0.25) is 15.1 Å². The van der Waals surface area contributed by atoms with E-state index in [1.54, 1.807) is 24.4 Å². The van der Waals surface area contributed by atoms with Gasteiger partial charge >= 0.3 is 5.97 Å². The van der Waals surface area contributed by atoms with E-state index in [0.717, 1.165) is 39.3 Å². The molecule has 0 amide bonds. The number of pyridine rings is 1. The summed E-state index contributed by atoms with van der Waals surface area (Å²) in [6.07, 6.45) is 3.05. The van der Waals surface area contributed by atoms with E-state index in [9.17, 15) is 20.3 Å². The first-order chi connectivity index (χ1) is 21.8. The van der Waals surface area contributed by atoms with Crippen molar-refractivity contribution in [1.82, 2.24) is 10.3 Å². The molecule has 0 bridgehead atoms. The van der Waals surface area contributed by atoms with Gasteiger partial charge in [0, 0.05) is 41.7 Å². The number of nitriles is 1. The number of halogens is 1. The van der Waals surface area contributed by atoms with Crippen LogP contribution in [0.15, 0.2) is 60.9 Å². The number of ether oxygens (including phenoxy) is 4. The van der Waals surface area contributed by atoms with E-state index in [4.69, 9.17) is 30.5 Å². The Balaban J connectivity index is 1.39. The van der Waals surface area contributed by atoms with Gasteiger partial charge in [0.2, 0.25) is 0 Å². The van der Waals surface area contributed by atoms with Gasteiger partial charge < -0.3 is 29.2 Å². The Bertz CT molecular complexity index is 1750. The number of carboxylic acids is 1. The number of hydrogen-bond donors (Lipinski definition) is 3. The zero-order chi connectivity index (χ0) is 31.9. The lowest BCUT2D eigenvalue weighted by atomic mass is 9.93. The first-order valence-corrected chi connectivity index (χ1v) is 14.6. The molecule has 0 saturated heterocycles. The number of aromatic nitrogens is 1. The predicted molar refractivity (Wildman–Crippen MR) is 167 cm³/mol. The first-order valence-electron chi connectivity index (χ1n) is 14.3. The number of hydrogen-bond acceptors (Lipinski definition) is 9. The number of aliphatic hydroxyl groups excluding tert-OH is 1. The average molecular weight is 630 g/mol. The van der Waals surface area contributed by atoms with Gasteiger partial charge in [0.25, 0.3) is 0 Å². The van der Waals surface area contributed by atoms with Crippen LogP contribution in [0.2, 0.25) is 5.02 Å². The number of nitrogens with one attached hydrogen (secondary N) is 1. The van der Waals surface area contributed by atoms with Crippen molar-refractivity contribution in [3.8, 4) is 40.2 Å². The minimum absolute atomic E-state index is 0.0549. The Hall–Kier alpha value is -4.82. The van der Waals surface area contributed by atoms with Gasteiger partial charge in [0.1, 0.15) is 50.0 Å². The summed E-state index contributed by atoms with van der Waals surface area (Å²) < 4.78 is 23.9. The van der Waals surface area contributed by atoms with E-state index in [2.05, 4.69) is 22.4 Å². The standard InChI is InChI=1S/C34H32ClN3O7/c1-20-24(4-3-5-26(20)27-6-7-30-33(21(27)2)43-9-8-42-30)19-45-32-12-31(44-18-23-10-22(13-36)14-37-15-23)25(11-28(32)35)16-38-29(17-39)34(40)41/h3-7,10-12,14-15,29,38-39H,8-9,16-19H2,1-2H3,(H,40,41). The molecule has 0 aliphatic carbocycles.